The van der Waals surface area contributed by atoms with Crippen molar-refractivity contribution < 1.29 is 22.7 Å². The minimum Gasteiger partial charge on any atom is -0.490 e. The first-order valence-corrected chi connectivity index (χ1v) is 9.27. The molecule has 8 heteroatoms. The number of piperidine rings is 1. The molecular weight excluding hydrogens is 320 g/mol. The summed E-state index contributed by atoms with van der Waals surface area (Å²) >= 11 is 0. The highest BCUT2D eigenvalue weighted by molar-refractivity contribution is 7.93. The van der Waals surface area contributed by atoms with Gasteiger partial charge in [0.05, 0.1) is 6.61 Å². The highest BCUT2D eigenvalue weighted by Gasteiger charge is 2.18. The molecule has 2 rings (SSSR count). The summed E-state index contributed by atoms with van der Waals surface area (Å²) in [5, 5.41) is 3.27. The summed E-state index contributed by atoms with van der Waals surface area (Å²) in [6.07, 6.45) is 2.09. The number of anilines is 1. The average Bonchev–Trinajstić information content (AvgIpc) is 2.49. The van der Waals surface area contributed by atoms with Gasteiger partial charge in [-0.25, -0.2) is 8.42 Å². The van der Waals surface area contributed by atoms with Crippen LogP contribution in [0.2, 0.25) is 0 Å². The minimum atomic E-state index is -3.77. The van der Waals surface area contributed by atoms with E-state index in [1.54, 1.807) is 31.2 Å². The van der Waals surface area contributed by atoms with Crippen LogP contribution in [-0.4, -0.2) is 45.9 Å². The molecule has 0 spiro atoms. The molecular formula is C15H22N2O5S. The lowest BCUT2D eigenvalue weighted by molar-refractivity contribution is -0.139. The fraction of sp³-hybridized carbons (Fsp3) is 0.533. The van der Waals surface area contributed by atoms with Gasteiger partial charge in [0.25, 0.3) is 0 Å². The van der Waals surface area contributed by atoms with Gasteiger partial charge in [0.1, 0.15) is 11.9 Å². The molecule has 128 valence electrons. The van der Waals surface area contributed by atoms with Crippen molar-refractivity contribution in [1.29, 1.82) is 0 Å². The normalized spacial score (nSPS) is 15.9. The van der Waals surface area contributed by atoms with Crippen LogP contribution in [0.4, 0.5) is 5.69 Å². The Hall–Kier alpha value is -1.80. The van der Waals surface area contributed by atoms with Crippen LogP contribution in [0, 0.1) is 0 Å². The third-order valence-corrected chi connectivity index (χ3v) is 4.49. The van der Waals surface area contributed by atoms with Crippen LogP contribution in [0.25, 0.3) is 0 Å². The summed E-state index contributed by atoms with van der Waals surface area (Å²) in [6, 6.07) is 6.65. The predicted octanol–water partition coefficient (Wildman–Crippen LogP) is 1.12. The lowest BCUT2D eigenvalue weighted by Crippen LogP contribution is -2.34. The molecule has 1 fully saturated rings. The van der Waals surface area contributed by atoms with Crippen LogP contribution in [0.3, 0.4) is 0 Å². The second kappa shape index (κ2) is 8.16. The van der Waals surface area contributed by atoms with Crippen molar-refractivity contribution in [3.8, 4) is 5.75 Å². The van der Waals surface area contributed by atoms with Crippen molar-refractivity contribution in [2.45, 2.75) is 25.9 Å². The highest BCUT2D eigenvalue weighted by atomic mass is 32.2. The Balaban J connectivity index is 1.90. The molecule has 0 unspecified atom stereocenters. The Morgan fingerprint density at radius 3 is 2.52 bits per heavy atom. The highest BCUT2D eigenvalue weighted by Crippen LogP contribution is 2.20. The van der Waals surface area contributed by atoms with E-state index in [4.69, 9.17) is 4.74 Å². The summed E-state index contributed by atoms with van der Waals surface area (Å²) in [5.41, 5.74) is 0.381. The molecule has 0 atom stereocenters. The number of hydrogen-bond acceptors (Lipinski definition) is 6. The first-order chi connectivity index (χ1) is 11.0. The Morgan fingerprint density at radius 2 is 1.91 bits per heavy atom. The largest absolute Gasteiger partial charge is 0.490 e. The van der Waals surface area contributed by atoms with Gasteiger partial charge >= 0.3 is 5.97 Å². The van der Waals surface area contributed by atoms with E-state index >= 15 is 0 Å². The van der Waals surface area contributed by atoms with Gasteiger partial charge in [0.2, 0.25) is 10.0 Å². The number of sulfonamides is 1. The maximum atomic E-state index is 11.8. The maximum Gasteiger partial charge on any atom is 0.323 e. The zero-order valence-corrected chi connectivity index (χ0v) is 13.9. The Labute approximate surface area is 136 Å². The number of carbonyl (C=O) groups excluding carboxylic acids is 1. The van der Waals surface area contributed by atoms with E-state index in [2.05, 4.69) is 14.8 Å². The molecule has 0 aromatic heterocycles. The first-order valence-electron chi connectivity index (χ1n) is 7.62. The minimum absolute atomic E-state index is 0.150. The predicted molar refractivity (Wildman–Crippen MR) is 87.0 cm³/mol. The van der Waals surface area contributed by atoms with Crippen molar-refractivity contribution >= 4 is 21.7 Å². The first kappa shape index (κ1) is 17.6. The Morgan fingerprint density at radius 1 is 1.26 bits per heavy atom. The number of hydrogen-bond donors (Lipinski definition) is 2. The van der Waals surface area contributed by atoms with Gasteiger partial charge < -0.3 is 14.8 Å². The van der Waals surface area contributed by atoms with Crippen molar-refractivity contribution in [1.82, 2.24) is 5.32 Å². The summed E-state index contributed by atoms with van der Waals surface area (Å²) < 4.78 is 36.5. The van der Waals surface area contributed by atoms with Crippen molar-refractivity contribution in [3.05, 3.63) is 24.3 Å². The molecule has 2 N–H and O–H groups in total. The molecule has 1 heterocycles. The number of rotatable bonds is 7. The van der Waals surface area contributed by atoms with Gasteiger partial charge in [0.15, 0.2) is 5.75 Å². The zero-order chi connectivity index (χ0) is 16.7. The summed E-state index contributed by atoms with van der Waals surface area (Å²) in [5.74, 6) is -0.773. The summed E-state index contributed by atoms with van der Waals surface area (Å²) in [4.78, 5) is 11.3. The van der Waals surface area contributed by atoms with Gasteiger partial charge in [-0.2, -0.15) is 0 Å². The van der Waals surface area contributed by atoms with E-state index in [1.165, 1.54) is 0 Å². The molecule has 0 aliphatic carbocycles. The summed E-state index contributed by atoms with van der Waals surface area (Å²) in [6.45, 7) is 3.66. The van der Waals surface area contributed by atoms with E-state index < -0.39 is 21.7 Å². The molecule has 0 amide bonds. The average molecular weight is 342 g/mol. The molecule has 1 aromatic carbocycles. The molecule has 7 nitrogen and oxygen atoms in total. The number of benzene rings is 1. The van der Waals surface area contributed by atoms with E-state index in [1.807, 2.05) is 0 Å². The fourth-order valence-electron chi connectivity index (χ4n) is 2.28. The lowest BCUT2D eigenvalue weighted by Gasteiger charge is -2.23. The van der Waals surface area contributed by atoms with Gasteiger partial charge in [-0.05, 0) is 57.1 Å². The summed E-state index contributed by atoms with van der Waals surface area (Å²) in [7, 11) is -3.77. The van der Waals surface area contributed by atoms with Crippen LogP contribution in [0.15, 0.2) is 24.3 Å². The van der Waals surface area contributed by atoms with E-state index in [0.717, 1.165) is 25.9 Å². The second-order valence-corrected chi connectivity index (χ2v) is 6.98. The molecule has 0 bridgehead atoms. The molecule has 23 heavy (non-hydrogen) atoms. The van der Waals surface area contributed by atoms with Crippen molar-refractivity contribution in [3.63, 3.8) is 0 Å². The SMILES string of the molecule is CCOC(=O)CS(=O)(=O)Nc1ccc(OC2CCNCC2)cc1. The molecule has 1 aromatic rings. The Kier molecular flexibility index (Phi) is 6.23. The molecule has 0 saturated carbocycles. The van der Waals surface area contributed by atoms with Gasteiger partial charge in [-0.1, -0.05) is 0 Å². The van der Waals surface area contributed by atoms with E-state index in [-0.39, 0.29) is 12.7 Å². The monoisotopic (exact) mass is 342 g/mol. The van der Waals surface area contributed by atoms with Crippen LogP contribution in [-0.2, 0) is 19.6 Å². The third-order valence-electron chi connectivity index (χ3n) is 3.33. The van der Waals surface area contributed by atoms with Crippen molar-refractivity contribution in [2.24, 2.45) is 0 Å². The quantitative estimate of drug-likeness (QED) is 0.721. The zero-order valence-electron chi connectivity index (χ0n) is 13.1. The molecule has 1 saturated heterocycles. The van der Waals surface area contributed by atoms with Gasteiger partial charge in [-0.3, -0.25) is 9.52 Å². The second-order valence-electron chi connectivity index (χ2n) is 5.26. The van der Waals surface area contributed by atoms with Crippen LogP contribution in [0.5, 0.6) is 5.75 Å². The lowest BCUT2D eigenvalue weighted by atomic mass is 10.1. The number of ether oxygens (including phenoxy) is 2. The van der Waals surface area contributed by atoms with Crippen LogP contribution in [0.1, 0.15) is 19.8 Å². The molecule has 0 radical (unpaired) electrons. The van der Waals surface area contributed by atoms with E-state index in [0.29, 0.717) is 11.4 Å². The molecule has 1 aliphatic rings. The topological polar surface area (TPSA) is 93.7 Å². The number of carbonyl (C=O) groups is 1. The molecule has 1 aliphatic heterocycles. The number of esters is 1. The maximum absolute atomic E-state index is 11.8. The smallest absolute Gasteiger partial charge is 0.323 e. The van der Waals surface area contributed by atoms with Crippen LogP contribution >= 0.6 is 0 Å². The third kappa shape index (κ3) is 6.07. The van der Waals surface area contributed by atoms with Gasteiger partial charge in [-0.15, -0.1) is 0 Å². The van der Waals surface area contributed by atoms with Gasteiger partial charge in [0, 0.05) is 5.69 Å². The standard InChI is InChI=1S/C15H22N2O5S/c1-2-21-15(18)11-23(19,20)17-12-3-5-13(6-4-12)22-14-7-9-16-10-8-14/h3-6,14,16-17H,2,7-11H2,1H3. The fourth-order valence-corrected chi connectivity index (χ4v) is 3.24. The Bertz CT molecular complexity index is 609. The van der Waals surface area contributed by atoms with Crippen LogP contribution < -0.4 is 14.8 Å². The van der Waals surface area contributed by atoms with E-state index in [9.17, 15) is 13.2 Å². The number of nitrogens with one attached hydrogen (secondary N) is 2. The van der Waals surface area contributed by atoms with Crippen molar-refractivity contribution in [2.75, 3.05) is 30.2 Å².